The van der Waals surface area contributed by atoms with Crippen LogP contribution in [-0.4, -0.2) is 105 Å². The number of rotatable bonds is 9. The van der Waals surface area contributed by atoms with Crippen molar-refractivity contribution in [3.05, 3.63) is 84.3 Å². The van der Waals surface area contributed by atoms with E-state index >= 15 is 4.39 Å². The molecule has 7 rings (SSSR count). The zero-order valence-electron chi connectivity index (χ0n) is 27.3. The molecule has 0 unspecified atom stereocenters. The smallest absolute Gasteiger partial charge is 0.270 e. The second-order valence-electron chi connectivity index (χ2n) is 11.9. The van der Waals surface area contributed by atoms with Crippen molar-refractivity contribution < 1.29 is 23.5 Å². The van der Waals surface area contributed by atoms with Crippen molar-refractivity contribution in [2.75, 3.05) is 58.4 Å². The number of aromatic nitrogens is 6. The Labute approximate surface area is 281 Å². The van der Waals surface area contributed by atoms with Crippen molar-refractivity contribution in [2.45, 2.75) is 19.4 Å². The number of H-pyrrole nitrogens is 1. The number of fused-ring (bicyclic) bond motifs is 1. The highest BCUT2D eigenvalue weighted by Crippen LogP contribution is 2.39. The van der Waals surface area contributed by atoms with Crippen LogP contribution in [0.3, 0.4) is 0 Å². The molecule has 1 saturated heterocycles. The minimum Gasteiger partial charge on any atom is -0.493 e. The summed E-state index contributed by atoms with van der Waals surface area (Å²) in [7, 11) is 3.14. The van der Waals surface area contributed by atoms with Crippen molar-refractivity contribution in [3.63, 3.8) is 0 Å². The lowest BCUT2D eigenvalue weighted by Crippen LogP contribution is -2.49. The molecule has 252 valence electrons. The van der Waals surface area contributed by atoms with E-state index in [1.165, 1.54) is 7.11 Å². The van der Waals surface area contributed by atoms with Crippen molar-refractivity contribution in [1.82, 2.24) is 39.7 Å². The third-order valence-electron chi connectivity index (χ3n) is 9.05. The summed E-state index contributed by atoms with van der Waals surface area (Å²) in [6.45, 7) is 3.24. The number of carbonyl (C=O) groups is 2. The van der Waals surface area contributed by atoms with Gasteiger partial charge in [0.15, 0.2) is 17.4 Å². The van der Waals surface area contributed by atoms with E-state index in [0.717, 1.165) is 5.82 Å². The summed E-state index contributed by atoms with van der Waals surface area (Å²) in [5.74, 6) is 1.02. The number of aromatic amines is 1. The Hall–Kier alpha value is -5.79. The average Bonchev–Trinajstić information content (AvgIpc) is 3.85. The highest BCUT2D eigenvalue weighted by molar-refractivity contribution is 6.05. The summed E-state index contributed by atoms with van der Waals surface area (Å²) in [6, 6.07) is 10.8. The maximum Gasteiger partial charge on any atom is 0.270 e. The van der Waals surface area contributed by atoms with Gasteiger partial charge in [0, 0.05) is 80.8 Å². The van der Waals surface area contributed by atoms with E-state index in [2.05, 4.69) is 30.2 Å². The van der Waals surface area contributed by atoms with E-state index in [1.807, 2.05) is 24.3 Å². The van der Waals surface area contributed by atoms with Crippen LogP contribution in [0.2, 0.25) is 0 Å². The van der Waals surface area contributed by atoms with E-state index < -0.39 is 5.82 Å². The number of hydrogen-bond donors (Lipinski definition) is 1. The fourth-order valence-corrected chi connectivity index (χ4v) is 6.53. The van der Waals surface area contributed by atoms with Gasteiger partial charge in [-0.1, -0.05) is 11.3 Å². The highest BCUT2D eigenvalue weighted by atomic mass is 19.1. The molecule has 2 amide bonds. The number of halogens is 1. The highest BCUT2D eigenvalue weighted by Gasteiger charge is 2.29. The molecule has 4 aromatic heterocycles. The molecule has 1 aromatic carbocycles. The lowest BCUT2D eigenvalue weighted by Gasteiger charge is -2.35. The number of hydrogen-bond acceptors (Lipinski definition) is 9. The predicted molar refractivity (Wildman–Crippen MR) is 181 cm³/mol. The normalized spacial score (nSPS) is 15.0. The number of benzene rings is 1. The van der Waals surface area contributed by atoms with Crippen molar-refractivity contribution in [3.8, 4) is 22.8 Å². The van der Waals surface area contributed by atoms with Crippen LogP contribution in [-0.2, 0) is 11.3 Å². The van der Waals surface area contributed by atoms with Crippen LogP contribution < -0.4 is 14.4 Å². The molecule has 1 fully saturated rings. The molecule has 0 aliphatic carbocycles. The largest absolute Gasteiger partial charge is 0.493 e. The number of nitrogens with one attached hydrogen (secondary N) is 1. The molecule has 0 radical (unpaired) electrons. The van der Waals surface area contributed by atoms with Crippen LogP contribution in [0.15, 0.2) is 67.3 Å². The Morgan fingerprint density at radius 1 is 0.918 bits per heavy atom. The monoisotopic (exact) mass is 665 g/mol. The predicted octanol–water partition coefficient (Wildman–Crippen LogP) is 4.04. The average molecular weight is 666 g/mol. The summed E-state index contributed by atoms with van der Waals surface area (Å²) >= 11 is 0. The number of ether oxygens (including phenoxy) is 2. The number of piperazine rings is 1. The van der Waals surface area contributed by atoms with Gasteiger partial charge in [0.2, 0.25) is 11.8 Å². The van der Waals surface area contributed by atoms with Gasteiger partial charge < -0.3 is 29.2 Å². The maximum absolute atomic E-state index is 16.6. The SMILES string of the molecule is COc1cccnc1N1CCN(C(=O)c2cc3c(-c4cccnc4OC)cc(C4=CCCN(C(=O)CCn5ccnn5)C4)c(F)c3[nH]2)CC1. The third kappa shape index (κ3) is 6.28. The molecule has 13 nitrogen and oxygen atoms in total. The van der Waals surface area contributed by atoms with Crippen LogP contribution in [0.1, 0.15) is 28.9 Å². The summed E-state index contributed by atoms with van der Waals surface area (Å²) < 4.78 is 29.3. The Morgan fingerprint density at radius 2 is 1.73 bits per heavy atom. The Balaban J connectivity index is 1.19. The van der Waals surface area contributed by atoms with Gasteiger partial charge in [-0.3, -0.25) is 14.3 Å². The molecule has 0 saturated carbocycles. The molecule has 2 aliphatic heterocycles. The standard InChI is InChI=1S/C35H36FN9O4/c1-48-29-8-4-10-37-33(29)42-16-18-43(19-17-42)35(47)28-21-27-26(24-7-3-11-38-34(24)49-2)20-25(31(36)32(27)40-28)23-6-5-13-44(22-23)30(46)9-14-45-15-12-39-41-45/h3-4,6-8,10-12,15,20-21,40H,5,9,13-14,16-19,22H2,1-2H3. The molecular formula is C35H36FN9O4. The Kier molecular flexibility index (Phi) is 8.92. The fraction of sp³-hybridized carbons (Fsp3) is 0.314. The molecule has 14 heteroatoms. The molecule has 6 heterocycles. The second-order valence-corrected chi connectivity index (χ2v) is 11.9. The number of amides is 2. The Bertz CT molecular complexity index is 2020. The maximum atomic E-state index is 16.6. The summed E-state index contributed by atoms with van der Waals surface area (Å²) in [5.41, 5.74) is 2.84. The molecule has 1 N–H and O–H groups in total. The van der Waals surface area contributed by atoms with Crippen LogP contribution in [0.5, 0.6) is 11.6 Å². The summed E-state index contributed by atoms with van der Waals surface area (Å²) in [5, 5.41) is 8.26. The van der Waals surface area contributed by atoms with Crippen molar-refractivity contribution >= 4 is 34.1 Å². The second kappa shape index (κ2) is 13.7. The first-order valence-electron chi connectivity index (χ1n) is 16.1. The van der Waals surface area contributed by atoms with Gasteiger partial charge in [0.25, 0.3) is 5.91 Å². The van der Waals surface area contributed by atoms with Gasteiger partial charge in [-0.05, 0) is 54.0 Å². The molecule has 0 bridgehead atoms. The molecule has 2 aliphatic rings. The first-order chi connectivity index (χ1) is 23.9. The van der Waals surface area contributed by atoms with Crippen molar-refractivity contribution in [2.24, 2.45) is 0 Å². The lowest BCUT2D eigenvalue weighted by atomic mass is 9.93. The first kappa shape index (κ1) is 31.8. The number of carbonyl (C=O) groups excluding carboxylic acids is 2. The van der Waals surface area contributed by atoms with E-state index in [1.54, 1.807) is 64.6 Å². The van der Waals surface area contributed by atoms with Gasteiger partial charge in [0.05, 0.1) is 32.5 Å². The molecule has 0 atom stereocenters. The van der Waals surface area contributed by atoms with Gasteiger partial charge in [-0.15, -0.1) is 5.10 Å². The number of nitrogens with zero attached hydrogens (tertiary/aromatic N) is 8. The van der Waals surface area contributed by atoms with E-state index in [9.17, 15) is 9.59 Å². The number of methoxy groups -OCH3 is 2. The first-order valence-corrected chi connectivity index (χ1v) is 16.1. The lowest BCUT2D eigenvalue weighted by molar-refractivity contribution is -0.131. The fourth-order valence-electron chi connectivity index (χ4n) is 6.53. The zero-order valence-corrected chi connectivity index (χ0v) is 27.3. The van der Waals surface area contributed by atoms with Gasteiger partial charge in [0.1, 0.15) is 5.69 Å². The van der Waals surface area contributed by atoms with Crippen LogP contribution in [0.4, 0.5) is 10.2 Å². The molecule has 5 aromatic rings. The summed E-state index contributed by atoms with van der Waals surface area (Å²) in [4.78, 5) is 44.6. The van der Waals surface area contributed by atoms with Crippen molar-refractivity contribution in [1.29, 1.82) is 0 Å². The van der Waals surface area contributed by atoms with Crippen LogP contribution in [0, 0.1) is 5.82 Å². The van der Waals surface area contributed by atoms with Gasteiger partial charge in [-0.2, -0.15) is 0 Å². The molecule has 49 heavy (non-hydrogen) atoms. The van der Waals surface area contributed by atoms with E-state index in [0.29, 0.717) is 85.0 Å². The van der Waals surface area contributed by atoms with Crippen LogP contribution >= 0.6 is 0 Å². The molecular weight excluding hydrogens is 629 g/mol. The minimum atomic E-state index is -0.490. The van der Waals surface area contributed by atoms with Crippen LogP contribution in [0.25, 0.3) is 27.6 Å². The molecule has 0 spiro atoms. The topological polar surface area (TPSA) is 135 Å². The number of anilines is 1. The zero-order chi connectivity index (χ0) is 33.9. The minimum absolute atomic E-state index is 0.0499. The third-order valence-corrected chi connectivity index (χ3v) is 9.05. The quantitative estimate of drug-likeness (QED) is 0.248. The van der Waals surface area contributed by atoms with Gasteiger partial charge in [-0.25, -0.2) is 14.4 Å². The van der Waals surface area contributed by atoms with E-state index in [4.69, 9.17) is 9.47 Å². The summed E-state index contributed by atoms with van der Waals surface area (Å²) in [6.07, 6.45) is 9.43. The van der Waals surface area contributed by atoms with Gasteiger partial charge >= 0.3 is 0 Å². The Morgan fingerprint density at radius 3 is 2.51 bits per heavy atom. The number of aryl methyl sites for hydroxylation is 1. The van der Waals surface area contributed by atoms with E-state index in [-0.39, 0.29) is 36.0 Å². The number of pyridine rings is 2.